The van der Waals surface area contributed by atoms with Crippen LogP contribution < -0.4 is 5.32 Å². The number of hydrogen-bond acceptors (Lipinski definition) is 3. The third-order valence-electron chi connectivity index (χ3n) is 1.98. The molecule has 1 saturated heterocycles. The lowest BCUT2D eigenvalue weighted by Crippen LogP contribution is -2.35. The van der Waals surface area contributed by atoms with E-state index in [4.69, 9.17) is 0 Å². The van der Waals surface area contributed by atoms with Crippen LogP contribution in [0.2, 0.25) is 0 Å². The van der Waals surface area contributed by atoms with Crippen molar-refractivity contribution in [1.29, 1.82) is 0 Å². The first-order chi connectivity index (χ1) is 5.36. The fourth-order valence-corrected chi connectivity index (χ4v) is 1.21. The van der Waals surface area contributed by atoms with Gasteiger partial charge in [-0.2, -0.15) is 0 Å². The maximum Gasteiger partial charge on any atom is 0.125 e. The van der Waals surface area contributed by atoms with Gasteiger partial charge in [-0.3, -0.25) is 0 Å². The molecule has 1 aromatic rings. The summed E-state index contributed by atoms with van der Waals surface area (Å²) in [4.78, 5) is 8.36. The first kappa shape index (κ1) is 6.73. The minimum Gasteiger partial charge on any atom is -0.309 e. The molecule has 1 fully saturated rings. The van der Waals surface area contributed by atoms with Gasteiger partial charge in [0.25, 0.3) is 0 Å². The van der Waals surface area contributed by atoms with Crippen LogP contribution in [0.3, 0.4) is 0 Å². The van der Waals surface area contributed by atoms with E-state index in [-0.39, 0.29) is 0 Å². The van der Waals surface area contributed by atoms with Crippen molar-refractivity contribution in [2.45, 2.75) is 19.4 Å². The Morgan fingerprint density at radius 3 is 3.00 bits per heavy atom. The van der Waals surface area contributed by atoms with Crippen molar-refractivity contribution >= 4 is 0 Å². The van der Waals surface area contributed by atoms with Gasteiger partial charge < -0.3 is 5.32 Å². The van der Waals surface area contributed by atoms with Gasteiger partial charge in [0, 0.05) is 6.20 Å². The molecule has 0 saturated carbocycles. The summed E-state index contributed by atoms with van der Waals surface area (Å²) in [6.45, 7) is 3.04. The quantitative estimate of drug-likeness (QED) is 0.642. The smallest absolute Gasteiger partial charge is 0.125 e. The van der Waals surface area contributed by atoms with E-state index in [0.717, 1.165) is 18.1 Å². The van der Waals surface area contributed by atoms with Crippen molar-refractivity contribution in [1.82, 2.24) is 15.3 Å². The molecule has 1 atom stereocenters. The molecule has 3 nitrogen and oxygen atoms in total. The highest BCUT2D eigenvalue weighted by molar-refractivity contribution is 5.09. The number of nitrogens with zero attached hydrogens (tertiary/aromatic N) is 2. The predicted octanol–water partition coefficient (Wildman–Crippen LogP) is 0.819. The molecular formula is C8H11N3. The Morgan fingerprint density at radius 1 is 1.64 bits per heavy atom. The highest BCUT2D eigenvalue weighted by Gasteiger charge is 2.19. The van der Waals surface area contributed by atoms with E-state index in [1.54, 1.807) is 0 Å². The molecule has 0 aliphatic carbocycles. The Bertz CT molecular complexity index is 255. The van der Waals surface area contributed by atoms with E-state index >= 15 is 0 Å². The van der Waals surface area contributed by atoms with Crippen molar-refractivity contribution in [3.8, 4) is 0 Å². The number of nitrogens with one attached hydrogen (secondary N) is 1. The van der Waals surface area contributed by atoms with Gasteiger partial charge in [-0.05, 0) is 26.0 Å². The Kier molecular flexibility index (Phi) is 1.58. The molecule has 1 aromatic heterocycles. The van der Waals surface area contributed by atoms with Gasteiger partial charge in [0.1, 0.15) is 5.82 Å². The molecule has 0 radical (unpaired) electrons. The second kappa shape index (κ2) is 2.58. The summed E-state index contributed by atoms with van der Waals surface area (Å²) in [5.74, 6) is 0.858. The summed E-state index contributed by atoms with van der Waals surface area (Å²) in [6, 6.07) is 2.46. The van der Waals surface area contributed by atoms with Crippen LogP contribution >= 0.6 is 0 Å². The first-order valence-electron chi connectivity index (χ1n) is 3.89. The van der Waals surface area contributed by atoms with E-state index < -0.39 is 0 Å². The summed E-state index contributed by atoms with van der Waals surface area (Å²) in [5, 5.41) is 3.30. The van der Waals surface area contributed by atoms with Crippen molar-refractivity contribution in [3.63, 3.8) is 0 Å². The average Bonchev–Trinajstić information content (AvgIpc) is 1.83. The molecule has 1 N–H and O–H groups in total. The van der Waals surface area contributed by atoms with Gasteiger partial charge in [0.2, 0.25) is 0 Å². The molecule has 0 spiro atoms. The normalized spacial score (nSPS) is 22.8. The Hall–Kier alpha value is -0.960. The van der Waals surface area contributed by atoms with Crippen LogP contribution in [-0.4, -0.2) is 16.5 Å². The van der Waals surface area contributed by atoms with Crippen LogP contribution in [0.1, 0.15) is 24.0 Å². The van der Waals surface area contributed by atoms with E-state index in [2.05, 4.69) is 15.3 Å². The molecule has 11 heavy (non-hydrogen) atoms. The van der Waals surface area contributed by atoms with Gasteiger partial charge in [-0.1, -0.05) is 0 Å². The van der Waals surface area contributed by atoms with E-state index in [1.807, 2.05) is 19.2 Å². The third-order valence-corrected chi connectivity index (χ3v) is 1.98. The van der Waals surface area contributed by atoms with Crippen LogP contribution in [0.15, 0.2) is 12.3 Å². The van der Waals surface area contributed by atoms with Gasteiger partial charge in [0.05, 0.1) is 11.7 Å². The van der Waals surface area contributed by atoms with Gasteiger partial charge in [-0.15, -0.1) is 0 Å². The van der Waals surface area contributed by atoms with Crippen molar-refractivity contribution in [2.75, 3.05) is 6.54 Å². The summed E-state index contributed by atoms with van der Waals surface area (Å²) >= 11 is 0. The largest absolute Gasteiger partial charge is 0.309 e. The topological polar surface area (TPSA) is 37.8 Å². The highest BCUT2D eigenvalue weighted by atomic mass is 15.0. The zero-order valence-corrected chi connectivity index (χ0v) is 6.54. The zero-order valence-electron chi connectivity index (χ0n) is 6.54. The monoisotopic (exact) mass is 149 g/mol. The van der Waals surface area contributed by atoms with Gasteiger partial charge in [0.15, 0.2) is 0 Å². The van der Waals surface area contributed by atoms with Gasteiger partial charge >= 0.3 is 0 Å². The van der Waals surface area contributed by atoms with Crippen LogP contribution in [0, 0.1) is 6.92 Å². The predicted molar refractivity (Wildman–Crippen MR) is 42.1 cm³/mol. The van der Waals surface area contributed by atoms with Crippen LogP contribution in [0.5, 0.6) is 0 Å². The van der Waals surface area contributed by atoms with Crippen molar-refractivity contribution < 1.29 is 0 Å². The lowest BCUT2D eigenvalue weighted by molar-refractivity contribution is 0.374. The molecule has 58 valence electrons. The maximum atomic E-state index is 4.32. The van der Waals surface area contributed by atoms with E-state index in [0.29, 0.717) is 6.04 Å². The molecule has 0 bridgehead atoms. The summed E-state index contributed by atoms with van der Waals surface area (Å²) in [7, 11) is 0. The zero-order chi connectivity index (χ0) is 7.68. The van der Waals surface area contributed by atoms with E-state index in [9.17, 15) is 0 Å². The summed E-state index contributed by atoms with van der Waals surface area (Å²) in [5.41, 5.74) is 1.13. The minimum atomic E-state index is 0.483. The number of aromatic nitrogens is 2. The average molecular weight is 149 g/mol. The SMILES string of the molecule is Cc1nccc(C2CCN2)n1. The van der Waals surface area contributed by atoms with Crippen LogP contribution in [-0.2, 0) is 0 Å². The van der Waals surface area contributed by atoms with Gasteiger partial charge in [-0.25, -0.2) is 9.97 Å². The first-order valence-corrected chi connectivity index (χ1v) is 3.89. The fraction of sp³-hybridized carbons (Fsp3) is 0.500. The molecule has 2 heterocycles. The van der Waals surface area contributed by atoms with Crippen LogP contribution in [0.25, 0.3) is 0 Å². The number of rotatable bonds is 1. The lowest BCUT2D eigenvalue weighted by atomic mass is 10.0. The molecule has 3 heteroatoms. The number of aryl methyl sites for hydroxylation is 1. The molecule has 1 aliphatic heterocycles. The summed E-state index contributed by atoms with van der Waals surface area (Å²) < 4.78 is 0. The second-order valence-electron chi connectivity index (χ2n) is 2.82. The molecule has 1 unspecified atom stereocenters. The lowest BCUT2D eigenvalue weighted by Gasteiger charge is -2.26. The molecule has 0 amide bonds. The highest BCUT2D eigenvalue weighted by Crippen LogP contribution is 2.19. The number of hydrogen-bond donors (Lipinski definition) is 1. The molecular weight excluding hydrogens is 138 g/mol. The standard InChI is InChI=1S/C8H11N3/c1-6-9-4-3-8(11-6)7-2-5-10-7/h3-4,7,10H,2,5H2,1H3. The molecule has 2 rings (SSSR count). The molecule has 1 aliphatic rings. The van der Waals surface area contributed by atoms with Crippen molar-refractivity contribution in [2.24, 2.45) is 0 Å². The maximum absolute atomic E-state index is 4.32. The van der Waals surface area contributed by atoms with Crippen molar-refractivity contribution in [3.05, 3.63) is 23.8 Å². The summed E-state index contributed by atoms with van der Waals surface area (Å²) in [6.07, 6.45) is 3.02. The fourth-order valence-electron chi connectivity index (χ4n) is 1.21. The molecule has 0 aromatic carbocycles. The van der Waals surface area contributed by atoms with Crippen LogP contribution in [0.4, 0.5) is 0 Å². The Morgan fingerprint density at radius 2 is 2.45 bits per heavy atom. The van der Waals surface area contributed by atoms with E-state index in [1.165, 1.54) is 6.42 Å². The minimum absolute atomic E-state index is 0.483. The Labute approximate surface area is 65.9 Å². The third kappa shape index (κ3) is 1.24. The second-order valence-corrected chi connectivity index (χ2v) is 2.82. The Balaban J connectivity index is 2.23.